The largest absolute Gasteiger partial charge is 0.454 e. The third-order valence-corrected chi connectivity index (χ3v) is 17.1. The number of pyridine rings is 1. The summed E-state index contributed by atoms with van der Waals surface area (Å²) in [5.41, 5.74) is 8.11. The molecule has 0 N–H and O–H groups in total. The molecule has 0 bridgehead atoms. The fourth-order valence-electron chi connectivity index (χ4n) is 9.46. The Kier molecular flexibility index (Phi) is 8.72. The second kappa shape index (κ2) is 15.0. The van der Waals surface area contributed by atoms with E-state index in [1.54, 1.807) is 6.20 Å². The minimum absolute atomic E-state index is 0.549. The van der Waals surface area contributed by atoms with Crippen LogP contribution in [-0.4, -0.2) is 32.6 Å². The number of fused-ring (bicyclic) bond motifs is 6. The minimum Gasteiger partial charge on any atom is -0.454 e. The molecule has 0 saturated heterocycles. The van der Waals surface area contributed by atoms with Gasteiger partial charge in [0.25, 0.3) is 0 Å². The molecule has 8 aromatic carbocycles. The van der Waals surface area contributed by atoms with Gasteiger partial charge in [0.15, 0.2) is 31.1 Å². The molecule has 0 aliphatic rings. The Morgan fingerprint density at radius 1 is 0.381 bits per heavy atom. The van der Waals surface area contributed by atoms with E-state index in [9.17, 15) is 0 Å². The second-order valence-electron chi connectivity index (χ2n) is 15.8. The predicted octanol–water partition coefficient (Wildman–Crippen LogP) is 10.6. The summed E-state index contributed by atoms with van der Waals surface area (Å²) in [6.07, 6.45) is 1.79. The maximum Gasteiger partial charge on any atom is 0.179 e. The normalized spacial score (nSPS) is 11.8. The molecular weight excluding hydrogens is 787 g/mol. The van der Waals surface area contributed by atoms with Gasteiger partial charge < -0.3 is 8.98 Å². The zero-order valence-corrected chi connectivity index (χ0v) is 35.0. The van der Waals surface area contributed by atoms with Crippen LogP contribution in [0, 0.1) is 0 Å². The van der Waals surface area contributed by atoms with E-state index in [4.69, 9.17) is 19.4 Å². The molecule has 0 aliphatic carbocycles. The van der Waals surface area contributed by atoms with Crippen molar-refractivity contribution in [2.24, 2.45) is 0 Å². The molecule has 63 heavy (non-hydrogen) atoms. The first kappa shape index (κ1) is 36.6. The van der Waals surface area contributed by atoms with Gasteiger partial charge in [0, 0.05) is 39.0 Å². The molecule has 4 heterocycles. The van der Waals surface area contributed by atoms with E-state index in [0.29, 0.717) is 17.5 Å². The van der Waals surface area contributed by atoms with E-state index in [1.165, 1.54) is 31.5 Å². The van der Waals surface area contributed by atoms with Crippen LogP contribution in [-0.2, 0) is 0 Å². The van der Waals surface area contributed by atoms with E-state index in [-0.39, 0.29) is 0 Å². The molecule has 12 rings (SSSR count). The highest BCUT2D eigenvalue weighted by Crippen LogP contribution is 2.37. The molecular formula is C56H37N5OSi. The van der Waals surface area contributed by atoms with Gasteiger partial charge in [-0.2, -0.15) is 0 Å². The molecule has 0 radical (unpaired) electrons. The van der Waals surface area contributed by atoms with Gasteiger partial charge in [-0.25, -0.2) is 15.0 Å². The van der Waals surface area contributed by atoms with Crippen molar-refractivity contribution in [3.05, 3.63) is 225 Å². The summed E-state index contributed by atoms with van der Waals surface area (Å²) in [5, 5.41) is 8.54. The first-order valence-corrected chi connectivity index (χ1v) is 23.1. The highest BCUT2D eigenvalue weighted by Gasteiger charge is 2.41. The fourth-order valence-corrected chi connectivity index (χ4v) is 14.2. The van der Waals surface area contributed by atoms with Crippen molar-refractivity contribution < 1.29 is 4.42 Å². The summed E-state index contributed by atoms with van der Waals surface area (Å²) in [5.74, 6) is 1.70. The lowest BCUT2D eigenvalue weighted by molar-refractivity contribution is 0.668. The van der Waals surface area contributed by atoms with Crippen molar-refractivity contribution in [2.75, 3.05) is 0 Å². The van der Waals surface area contributed by atoms with Gasteiger partial charge in [-0.15, -0.1) is 0 Å². The first-order valence-electron chi connectivity index (χ1n) is 21.1. The number of rotatable bonds is 8. The number of furan rings is 1. The van der Waals surface area contributed by atoms with Crippen LogP contribution in [0.5, 0.6) is 0 Å². The standard InChI is InChI=1S/C56H37N5OSi/c1-4-17-40(18-5-1)63(41-19-6-2-7-20-41,42-21-8-3-9-22-42)43-33-30-38(31-34-43)54-58-55(39-32-35-47-52(37-39)62-51-29-16-36-57-53(47)51)60-56(59-54)46-25-12-15-28-50(46)61-48-26-13-10-23-44(48)45-24-11-14-27-49(45)61/h1-37H. The van der Waals surface area contributed by atoms with Crippen molar-refractivity contribution in [1.29, 1.82) is 0 Å². The van der Waals surface area contributed by atoms with Crippen LogP contribution < -0.4 is 20.7 Å². The Bertz CT molecular complexity index is 3470. The minimum atomic E-state index is -2.75. The van der Waals surface area contributed by atoms with Crippen LogP contribution in [0.2, 0.25) is 0 Å². The van der Waals surface area contributed by atoms with Crippen LogP contribution in [0.3, 0.4) is 0 Å². The zero-order valence-electron chi connectivity index (χ0n) is 34.0. The maximum absolute atomic E-state index is 6.32. The van der Waals surface area contributed by atoms with Crippen molar-refractivity contribution in [3.63, 3.8) is 0 Å². The van der Waals surface area contributed by atoms with Crippen molar-refractivity contribution in [2.45, 2.75) is 0 Å². The topological polar surface area (TPSA) is 69.6 Å². The Labute approximate surface area is 364 Å². The van der Waals surface area contributed by atoms with E-state index < -0.39 is 8.07 Å². The summed E-state index contributed by atoms with van der Waals surface area (Å²) in [6.45, 7) is 0. The Hall–Kier alpha value is -8.26. The van der Waals surface area contributed by atoms with Crippen LogP contribution >= 0.6 is 0 Å². The number of hydrogen-bond donors (Lipinski definition) is 0. The zero-order chi connectivity index (χ0) is 41.7. The first-order chi connectivity index (χ1) is 31.2. The van der Waals surface area contributed by atoms with Crippen LogP contribution in [0.25, 0.3) is 83.7 Å². The third-order valence-electron chi connectivity index (χ3n) is 12.3. The third kappa shape index (κ3) is 6.01. The molecule has 296 valence electrons. The van der Waals surface area contributed by atoms with Gasteiger partial charge in [0.05, 0.1) is 16.7 Å². The van der Waals surface area contributed by atoms with Gasteiger partial charge in [0.1, 0.15) is 11.1 Å². The Morgan fingerprint density at radius 2 is 0.889 bits per heavy atom. The number of nitrogens with zero attached hydrogens (tertiary/aromatic N) is 5. The number of benzene rings is 8. The van der Waals surface area contributed by atoms with Gasteiger partial charge in [-0.1, -0.05) is 170 Å². The molecule has 6 nitrogen and oxygen atoms in total. The maximum atomic E-state index is 6.32. The van der Waals surface area contributed by atoms with Gasteiger partial charge in [0.2, 0.25) is 0 Å². The lowest BCUT2D eigenvalue weighted by Gasteiger charge is -2.34. The molecule has 0 atom stereocenters. The Balaban J connectivity index is 1.07. The molecule has 0 spiro atoms. The molecule has 4 aromatic heterocycles. The van der Waals surface area contributed by atoms with Gasteiger partial charge in [-0.05, 0) is 69.3 Å². The van der Waals surface area contributed by atoms with E-state index in [1.807, 2.05) is 18.2 Å². The van der Waals surface area contributed by atoms with Crippen LogP contribution in [0.1, 0.15) is 0 Å². The molecule has 0 unspecified atom stereocenters. The molecule has 12 aromatic rings. The smallest absolute Gasteiger partial charge is 0.179 e. The van der Waals surface area contributed by atoms with Gasteiger partial charge in [-0.3, -0.25) is 4.98 Å². The number of aromatic nitrogens is 5. The average molecular weight is 824 g/mol. The number of para-hydroxylation sites is 3. The average Bonchev–Trinajstić information content (AvgIpc) is 3.91. The molecule has 0 saturated carbocycles. The lowest BCUT2D eigenvalue weighted by Crippen LogP contribution is -2.74. The van der Waals surface area contributed by atoms with E-state index in [0.717, 1.165) is 55.5 Å². The summed E-state index contributed by atoms with van der Waals surface area (Å²) in [6, 6.07) is 77.4. The summed E-state index contributed by atoms with van der Waals surface area (Å²) < 4.78 is 8.64. The van der Waals surface area contributed by atoms with E-state index in [2.05, 4.69) is 210 Å². The van der Waals surface area contributed by atoms with Crippen molar-refractivity contribution in [3.8, 4) is 39.9 Å². The highest BCUT2D eigenvalue weighted by molar-refractivity contribution is 7.19. The van der Waals surface area contributed by atoms with Crippen LogP contribution in [0.15, 0.2) is 229 Å². The molecule has 0 aliphatic heterocycles. The summed E-state index contributed by atoms with van der Waals surface area (Å²) >= 11 is 0. The van der Waals surface area contributed by atoms with Gasteiger partial charge >= 0.3 is 0 Å². The van der Waals surface area contributed by atoms with E-state index >= 15 is 0 Å². The Morgan fingerprint density at radius 3 is 1.52 bits per heavy atom. The molecule has 0 fully saturated rings. The fraction of sp³-hybridized carbons (Fsp3) is 0. The van der Waals surface area contributed by atoms with Crippen molar-refractivity contribution in [1.82, 2.24) is 24.5 Å². The quantitative estimate of drug-likeness (QED) is 0.113. The second-order valence-corrected chi connectivity index (χ2v) is 19.6. The lowest BCUT2D eigenvalue weighted by atomic mass is 10.1. The van der Waals surface area contributed by atoms with Crippen molar-refractivity contribution >= 4 is 72.7 Å². The summed E-state index contributed by atoms with van der Waals surface area (Å²) in [7, 11) is -2.75. The predicted molar refractivity (Wildman–Crippen MR) is 259 cm³/mol. The summed E-state index contributed by atoms with van der Waals surface area (Å²) in [4.78, 5) is 20.5. The molecule has 0 amide bonds. The monoisotopic (exact) mass is 823 g/mol. The highest BCUT2D eigenvalue weighted by atomic mass is 28.3. The van der Waals surface area contributed by atoms with Crippen LogP contribution in [0.4, 0.5) is 0 Å². The molecule has 7 heteroatoms. The SMILES string of the molecule is c1ccc([Si](c2ccccc2)(c2ccccc2)c2ccc(-c3nc(-c4ccc5c(c4)oc4cccnc45)nc(-c4ccccc4-n4c5ccccc5c5ccccc54)n3)cc2)cc1. The number of hydrogen-bond acceptors (Lipinski definition) is 5.